The number of halogens is 1. The van der Waals surface area contributed by atoms with Crippen LogP contribution in [0.15, 0.2) is 18.5 Å². The van der Waals surface area contributed by atoms with E-state index < -0.39 is 0 Å². The number of hydrogen-bond donors (Lipinski definition) is 1. The number of nitriles is 1. The third kappa shape index (κ3) is 4.25. The number of carboxylic acid groups (broad SMARTS) is 1. The van der Waals surface area contributed by atoms with E-state index in [1.807, 2.05) is 6.07 Å². The van der Waals surface area contributed by atoms with Gasteiger partial charge in [-0.1, -0.05) is 11.6 Å². The van der Waals surface area contributed by atoms with Gasteiger partial charge in [0, 0.05) is 12.4 Å². The van der Waals surface area contributed by atoms with Crippen molar-refractivity contribution in [2.24, 2.45) is 0 Å². The molecule has 0 unspecified atom stereocenters. The number of carbonyl (C=O) groups is 1. The molecular weight excluding hydrogens is 180 g/mol. The predicted molar refractivity (Wildman–Crippen MR) is 42.7 cm³/mol. The van der Waals surface area contributed by atoms with Crippen LogP contribution >= 0.6 is 11.6 Å². The molecular formula is C7H5ClN2O2. The lowest BCUT2D eigenvalue weighted by Crippen LogP contribution is -1.75. The van der Waals surface area contributed by atoms with Crippen molar-refractivity contribution in [3.63, 3.8) is 0 Å². The van der Waals surface area contributed by atoms with Gasteiger partial charge >= 0.3 is 0 Å². The molecule has 1 N–H and O–H groups in total. The van der Waals surface area contributed by atoms with Crippen LogP contribution in [0, 0.1) is 11.3 Å². The normalized spacial score (nSPS) is 7.33. The fourth-order valence-corrected chi connectivity index (χ4v) is 0.647. The van der Waals surface area contributed by atoms with Crippen LogP contribution < -0.4 is 0 Å². The lowest BCUT2D eigenvalue weighted by atomic mass is 10.3. The summed E-state index contributed by atoms with van der Waals surface area (Å²) in [7, 11) is 0. The molecule has 0 atom stereocenters. The molecule has 0 spiro atoms. The molecule has 1 aromatic heterocycles. The highest BCUT2D eigenvalue weighted by atomic mass is 35.5. The lowest BCUT2D eigenvalue weighted by Gasteiger charge is -1.85. The first-order valence-electron chi connectivity index (χ1n) is 2.83. The zero-order valence-electron chi connectivity index (χ0n) is 5.94. The molecule has 0 aromatic carbocycles. The van der Waals surface area contributed by atoms with Crippen molar-refractivity contribution >= 4 is 18.1 Å². The molecule has 0 aliphatic rings. The summed E-state index contributed by atoms with van der Waals surface area (Å²) in [5.41, 5.74) is 0.488. The quantitative estimate of drug-likeness (QED) is 0.617. The third-order valence-corrected chi connectivity index (χ3v) is 1.04. The maximum Gasteiger partial charge on any atom is 0.290 e. The van der Waals surface area contributed by atoms with Gasteiger partial charge in [-0.3, -0.25) is 9.78 Å². The molecule has 0 bridgehead atoms. The summed E-state index contributed by atoms with van der Waals surface area (Å²) in [6, 6.07) is 3.48. The molecule has 1 heterocycles. The Labute approximate surface area is 74.0 Å². The minimum atomic E-state index is -0.250. The first-order valence-corrected chi connectivity index (χ1v) is 3.21. The summed E-state index contributed by atoms with van der Waals surface area (Å²) in [5, 5.41) is 15.7. The molecule has 0 saturated carbocycles. The summed E-state index contributed by atoms with van der Waals surface area (Å²) in [6.45, 7) is -0.250. The van der Waals surface area contributed by atoms with Crippen LogP contribution in [0.25, 0.3) is 0 Å². The Morgan fingerprint density at radius 2 is 2.25 bits per heavy atom. The smallest absolute Gasteiger partial charge is 0.290 e. The third-order valence-electron chi connectivity index (χ3n) is 0.834. The lowest BCUT2D eigenvalue weighted by molar-refractivity contribution is -0.122. The monoisotopic (exact) mass is 184 g/mol. The first kappa shape index (κ1) is 10.4. The van der Waals surface area contributed by atoms with Gasteiger partial charge in [-0.2, -0.15) is 5.26 Å². The molecule has 0 saturated heterocycles. The minimum absolute atomic E-state index is 0.250. The Balaban J connectivity index is 0.000000354. The van der Waals surface area contributed by atoms with Crippen LogP contribution in [0.1, 0.15) is 5.56 Å². The van der Waals surface area contributed by atoms with E-state index in [-0.39, 0.29) is 6.47 Å². The van der Waals surface area contributed by atoms with Gasteiger partial charge in [0.25, 0.3) is 6.47 Å². The fourth-order valence-electron chi connectivity index (χ4n) is 0.473. The SMILES string of the molecule is N#Cc1cncc(Cl)c1.O=CO. The standard InChI is InChI=1S/C6H3ClN2.CH2O2/c7-6-1-5(2-8)3-9-4-6;2-1-3/h1,3-4H;1H,(H,2,3). The summed E-state index contributed by atoms with van der Waals surface area (Å²) in [4.78, 5) is 12.1. The van der Waals surface area contributed by atoms with E-state index in [4.69, 9.17) is 26.8 Å². The first-order chi connectivity index (χ1) is 5.74. The van der Waals surface area contributed by atoms with Crippen LogP contribution in [0.4, 0.5) is 0 Å². The van der Waals surface area contributed by atoms with Crippen molar-refractivity contribution in [3.8, 4) is 6.07 Å². The van der Waals surface area contributed by atoms with Gasteiger partial charge in [0.05, 0.1) is 10.6 Å². The van der Waals surface area contributed by atoms with Gasteiger partial charge in [0.2, 0.25) is 0 Å². The summed E-state index contributed by atoms with van der Waals surface area (Å²) in [6.07, 6.45) is 2.95. The molecule has 1 aromatic rings. The highest BCUT2D eigenvalue weighted by molar-refractivity contribution is 6.30. The largest absolute Gasteiger partial charge is 0.483 e. The number of pyridine rings is 1. The van der Waals surface area contributed by atoms with E-state index in [2.05, 4.69) is 4.98 Å². The number of rotatable bonds is 0. The molecule has 0 amide bonds. The van der Waals surface area contributed by atoms with Crippen molar-refractivity contribution in [2.75, 3.05) is 0 Å². The highest BCUT2D eigenvalue weighted by Gasteiger charge is 1.89. The predicted octanol–water partition coefficient (Wildman–Crippen LogP) is 1.31. The number of aromatic nitrogens is 1. The zero-order valence-corrected chi connectivity index (χ0v) is 6.69. The van der Waals surface area contributed by atoms with Gasteiger partial charge < -0.3 is 5.11 Å². The molecule has 5 heteroatoms. The van der Waals surface area contributed by atoms with E-state index in [1.54, 1.807) is 6.07 Å². The van der Waals surface area contributed by atoms with Gasteiger partial charge in [0.15, 0.2) is 0 Å². The Bertz CT molecular complexity index is 296. The van der Waals surface area contributed by atoms with E-state index in [1.165, 1.54) is 12.4 Å². The van der Waals surface area contributed by atoms with Gasteiger partial charge in [-0.05, 0) is 6.07 Å². The van der Waals surface area contributed by atoms with Crippen molar-refractivity contribution in [1.29, 1.82) is 5.26 Å². The zero-order chi connectivity index (χ0) is 9.40. The molecule has 4 nitrogen and oxygen atoms in total. The number of hydrogen-bond acceptors (Lipinski definition) is 3. The van der Waals surface area contributed by atoms with E-state index >= 15 is 0 Å². The topological polar surface area (TPSA) is 74.0 Å². The van der Waals surface area contributed by atoms with Gasteiger partial charge in [-0.25, -0.2) is 0 Å². The molecule has 1 rings (SSSR count). The average molecular weight is 185 g/mol. The van der Waals surface area contributed by atoms with Crippen LogP contribution in [-0.2, 0) is 4.79 Å². The minimum Gasteiger partial charge on any atom is -0.483 e. The summed E-state index contributed by atoms with van der Waals surface area (Å²) < 4.78 is 0. The Hall–Kier alpha value is -1.60. The second-order valence-electron chi connectivity index (χ2n) is 1.61. The van der Waals surface area contributed by atoms with Crippen LogP contribution in [0.2, 0.25) is 5.02 Å². The summed E-state index contributed by atoms with van der Waals surface area (Å²) in [5.74, 6) is 0. The second kappa shape index (κ2) is 6.13. The van der Waals surface area contributed by atoms with Gasteiger partial charge in [-0.15, -0.1) is 0 Å². The fraction of sp³-hybridized carbons (Fsp3) is 0. The molecule has 62 valence electrons. The maximum atomic E-state index is 8.36. The van der Waals surface area contributed by atoms with E-state index in [0.29, 0.717) is 10.6 Å². The molecule has 0 aliphatic carbocycles. The number of nitrogens with zero attached hydrogens (tertiary/aromatic N) is 2. The molecule has 0 fully saturated rings. The van der Waals surface area contributed by atoms with Crippen molar-refractivity contribution in [2.45, 2.75) is 0 Å². The Morgan fingerprint density at radius 3 is 2.58 bits per heavy atom. The van der Waals surface area contributed by atoms with Crippen molar-refractivity contribution in [3.05, 3.63) is 29.0 Å². The molecule has 0 aliphatic heterocycles. The summed E-state index contributed by atoms with van der Waals surface area (Å²) >= 11 is 5.51. The van der Waals surface area contributed by atoms with Crippen LogP contribution in [0.5, 0.6) is 0 Å². The highest BCUT2D eigenvalue weighted by Crippen LogP contribution is 2.06. The van der Waals surface area contributed by atoms with E-state index in [0.717, 1.165) is 0 Å². The second-order valence-corrected chi connectivity index (χ2v) is 2.05. The molecule has 12 heavy (non-hydrogen) atoms. The van der Waals surface area contributed by atoms with Crippen LogP contribution in [0.3, 0.4) is 0 Å². The van der Waals surface area contributed by atoms with Crippen molar-refractivity contribution in [1.82, 2.24) is 4.98 Å². The Kier molecular flexibility index (Phi) is 5.31. The van der Waals surface area contributed by atoms with Crippen molar-refractivity contribution < 1.29 is 9.90 Å². The average Bonchev–Trinajstić information content (AvgIpc) is 2.06. The maximum absolute atomic E-state index is 8.36. The Morgan fingerprint density at radius 1 is 1.67 bits per heavy atom. The van der Waals surface area contributed by atoms with Gasteiger partial charge in [0.1, 0.15) is 6.07 Å². The van der Waals surface area contributed by atoms with Crippen LogP contribution in [-0.4, -0.2) is 16.6 Å². The van der Waals surface area contributed by atoms with E-state index in [9.17, 15) is 0 Å². The molecule has 0 radical (unpaired) electrons.